The Morgan fingerprint density at radius 2 is 1.77 bits per heavy atom. The number of rotatable bonds is 5. The van der Waals surface area contributed by atoms with Crippen LogP contribution in [0.25, 0.3) is 11.0 Å². The Balaban J connectivity index is 1.53. The van der Waals surface area contributed by atoms with E-state index in [1.54, 1.807) is 0 Å². The zero-order valence-electron chi connectivity index (χ0n) is 17.9. The molecule has 0 radical (unpaired) electrons. The number of para-hydroxylation sites is 2. The molecule has 1 amide bonds. The van der Waals surface area contributed by atoms with Gasteiger partial charge in [0.15, 0.2) is 0 Å². The highest BCUT2D eigenvalue weighted by Crippen LogP contribution is 2.25. The Labute approximate surface area is 177 Å². The number of ether oxygens (including phenoxy) is 2. The van der Waals surface area contributed by atoms with Crippen LogP contribution in [-0.2, 0) is 28.1 Å². The fraction of sp³-hybridized carbons (Fsp3) is 0.417. The summed E-state index contributed by atoms with van der Waals surface area (Å²) in [5.41, 5.74) is 3.18. The number of hydrogen-bond donors (Lipinski definition) is 0. The van der Waals surface area contributed by atoms with Crippen LogP contribution < -0.4 is 4.74 Å². The molecule has 0 N–H and O–H groups in total. The molecule has 30 heavy (non-hydrogen) atoms. The standard InChI is InChI=1S/C24H29N3O3/c1-24(2,3)18-8-10-19(11-9-18)30-17-22-25-20-6-4-5-7-21(20)27(22)16-23(28)26-12-14-29-15-13-26/h4-11H,12-17H2,1-3H3. The quantitative estimate of drug-likeness (QED) is 0.646. The summed E-state index contributed by atoms with van der Waals surface area (Å²) in [4.78, 5) is 19.4. The van der Waals surface area contributed by atoms with E-state index in [9.17, 15) is 4.79 Å². The zero-order chi connectivity index (χ0) is 21.1. The lowest BCUT2D eigenvalue weighted by atomic mass is 9.87. The molecule has 0 bridgehead atoms. The second-order valence-corrected chi connectivity index (χ2v) is 8.66. The molecule has 4 rings (SSSR count). The second-order valence-electron chi connectivity index (χ2n) is 8.66. The molecule has 0 aliphatic carbocycles. The van der Waals surface area contributed by atoms with Crippen LogP contribution in [0.2, 0.25) is 0 Å². The van der Waals surface area contributed by atoms with Crippen LogP contribution in [0, 0.1) is 0 Å². The maximum atomic E-state index is 12.8. The van der Waals surface area contributed by atoms with E-state index >= 15 is 0 Å². The number of aromatic nitrogens is 2. The lowest BCUT2D eigenvalue weighted by molar-refractivity contribution is -0.135. The van der Waals surface area contributed by atoms with E-state index in [1.165, 1.54) is 5.56 Å². The maximum absolute atomic E-state index is 12.8. The first kappa shape index (κ1) is 20.4. The molecule has 2 aromatic carbocycles. The fourth-order valence-electron chi connectivity index (χ4n) is 3.66. The number of amides is 1. The van der Waals surface area contributed by atoms with Crippen molar-refractivity contribution in [2.24, 2.45) is 0 Å². The van der Waals surface area contributed by atoms with Gasteiger partial charge in [0.05, 0.1) is 24.2 Å². The van der Waals surface area contributed by atoms with Gasteiger partial charge in [-0.05, 0) is 35.2 Å². The van der Waals surface area contributed by atoms with Crippen LogP contribution in [0.1, 0.15) is 32.2 Å². The Hall–Kier alpha value is -2.86. The molecule has 0 unspecified atom stereocenters. The number of hydrogen-bond acceptors (Lipinski definition) is 4. The van der Waals surface area contributed by atoms with Crippen LogP contribution >= 0.6 is 0 Å². The first-order valence-corrected chi connectivity index (χ1v) is 10.4. The van der Waals surface area contributed by atoms with Gasteiger partial charge in [-0.15, -0.1) is 0 Å². The maximum Gasteiger partial charge on any atom is 0.242 e. The number of carbonyl (C=O) groups excluding carboxylic acids is 1. The van der Waals surface area contributed by atoms with Crippen molar-refractivity contribution in [3.05, 3.63) is 59.9 Å². The summed E-state index contributed by atoms with van der Waals surface area (Å²) in [5, 5.41) is 0. The molecule has 1 aromatic heterocycles. The molecular formula is C24H29N3O3. The summed E-state index contributed by atoms with van der Waals surface area (Å²) in [6.07, 6.45) is 0. The minimum absolute atomic E-state index is 0.0808. The van der Waals surface area contributed by atoms with Gasteiger partial charge in [-0.3, -0.25) is 4.79 Å². The molecule has 0 saturated carbocycles. The number of benzene rings is 2. The minimum Gasteiger partial charge on any atom is -0.486 e. The van der Waals surface area contributed by atoms with E-state index in [-0.39, 0.29) is 17.9 Å². The first-order chi connectivity index (χ1) is 14.4. The van der Waals surface area contributed by atoms with Crippen molar-refractivity contribution in [2.45, 2.75) is 39.3 Å². The van der Waals surface area contributed by atoms with Gasteiger partial charge in [0.25, 0.3) is 0 Å². The first-order valence-electron chi connectivity index (χ1n) is 10.4. The highest BCUT2D eigenvalue weighted by atomic mass is 16.5. The fourth-order valence-corrected chi connectivity index (χ4v) is 3.66. The summed E-state index contributed by atoms with van der Waals surface area (Å²) < 4.78 is 13.4. The van der Waals surface area contributed by atoms with Crippen molar-refractivity contribution < 1.29 is 14.3 Å². The summed E-state index contributed by atoms with van der Waals surface area (Å²) >= 11 is 0. The minimum atomic E-state index is 0.0808. The van der Waals surface area contributed by atoms with Gasteiger partial charge in [-0.25, -0.2) is 4.98 Å². The Morgan fingerprint density at radius 3 is 2.47 bits per heavy atom. The second kappa shape index (κ2) is 8.48. The van der Waals surface area contributed by atoms with Gasteiger partial charge in [-0.2, -0.15) is 0 Å². The molecule has 6 heteroatoms. The molecule has 1 saturated heterocycles. The highest BCUT2D eigenvalue weighted by Gasteiger charge is 2.20. The Morgan fingerprint density at radius 1 is 1.07 bits per heavy atom. The monoisotopic (exact) mass is 407 g/mol. The third-order valence-electron chi connectivity index (χ3n) is 5.48. The molecule has 1 aliphatic heterocycles. The summed E-state index contributed by atoms with van der Waals surface area (Å²) in [6, 6.07) is 16.1. The number of imidazole rings is 1. The average Bonchev–Trinajstić information content (AvgIpc) is 3.10. The normalized spacial score (nSPS) is 14.8. The van der Waals surface area contributed by atoms with E-state index < -0.39 is 0 Å². The predicted molar refractivity (Wildman–Crippen MR) is 117 cm³/mol. The van der Waals surface area contributed by atoms with E-state index in [4.69, 9.17) is 14.5 Å². The molecule has 1 aliphatic rings. The lowest BCUT2D eigenvalue weighted by Crippen LogP contribution is -2.42. The largest absolute Gasteiger partial charge is 0.486 e. The van der Waals surface area contributed by atoms with E-state index in [0.717, 1.165) is 22.6 Å². The molecular weight excluding hydrogens is 378 g/mol. The third kappa shape index (κ3) is 4.49. The van der Waals surface area contributed by atoms with E-state index in [1.807, 2.05) is 45.9 Å². The molecule has 0 spiro atoms. The summed E-state index contributed by atoms with van der Waals surface area (Å²) in [5.74, 6) is 1.62. The van der Waals surface area contributed by atoms with E-state index in [2.05, 4.69) is 32.9 Å². The van der Waals surface area contributed by atoms with Crippen molar-refractivity contribution in [2.75, 3.05) is 26.3 Å². The highest BCUT2D eigenvalue weighted by molar-refractivity contribution is 5.81. The number of carbonyl (C=O) groups is 1. The van der Waals surface area contributed by atoms with Gasteiger partial charge in [0, 0.05) is 13.1 Å². The summed E-state index contributed by atoms with van der Waals surface area (Å²) in [7, 11) is 0. The molecule has 2 heterocycles. The van der Waals surface area contributed by atoms with Gasteiger partial charge < -0.3 is 18.9 Å². The van der Waals surface area contributed by atoms with Gasteiger partial charge in [-0.1, -0.05) is 45.0 Å². The molecule has 0 atom stereocenters. The predicted octanol–water partition coefficient (Wildman–Crippen LogP) is 3.77. The topological polar surface area (TPSA) is 56.6 Å². The van der Waals surface area contributed by atoms with Gasteiger partial charge in [0.1, 0.15) is 24.7 Å². The van der Waals surface area contributed by atoms with Gasteiger partial charge >= 0.3 is 0 Å². The number of fused-ring (bicyclic) bond motifs is 1. The van der Waals surface area contributed by atoms with Crippen LogP contribution in [-0.4, -0.2) is 46.7 Å². The average molecular weight is 408 g/mol. The molecule has 1 fully saturated rings. The smallest absolute Gasteiger partial charge is 0.242 e. The molecule has 158 valence electrons. The van der Waals surface area contributed by atoms with Crippen molar-refractivity contribution in [3.63, 3.8) is 0 Å². The number of morpholine rings is 1. The van der Waals surface area contributed by atoms with Crippen molar-refractivity contribution in [3.8, 4) is 5.75 Å². The van der Waals surface area contributed by atoms with Crippen molar-refractivity contribution in [1.29, 1.82) is 0 Å². The van der Waals surface area contributed by atoms with Crippen molar-refractivity contribution in [1.82, 2.24) is 14.5 Å². The van der Waals surface area contributed by atoms with Crippen LogP contribution in [0.15, 0.2) is 48.5 Å². The third-order valence-corrected chi connectivity index (χ3v) is 5.48. The SMILES string of the molecule is CC(C)(C)c1ccc(OCc2nc3ccccc3n2CC(=O)N2CCOCC2)cc1. The summed E-state index contributed by atoms with van der Waals surface area (Å²) in [6.45, 7) is 9.59. The van der Waals surface area contributed by atoms with Crippen LogP contribution in [0.3, 0.4) is 0 Å². The number of nitrogens with zero attached hydrogens (tertiary/aromatic N) is 3. The zero-order valence-corrected chi connectivity index (χ0v) is 17.9. The molecule has 3 aromatic rings. The van der Waals surface area contributed by atoms with Crippen LogP contribution in [0.5, 0.6) is 5.75 Å². The Kier molecular flexibility index (Phi) is 5.77. The Bertz CT molecular complexity index is 1010. The van der Waals surface area contributed by atoms with Crippen molar-refractivity contribution >= 4 is 16.9 Å². The van der Waals surface area contributed by atoms with Gasteiger partial charge in [0.2, 0.25) is 5.91 Å². The van der Waals surface area contributed by atoms with Crippen LogP contribution in [0.4, 0.5) is 0 Å². The molecule has 6 nitrogen and oxygen atoms in total. The lowest BCUT2D eigenvalue weighted by Gasteiger charge is -2.27. The van der Waals surface area contributed by atoms with E-state index in [0.29, 0.717) is 32.9 Å².